The van der Waals surface area contributed by atoms with E-state index in [1.807, 2.05) is 77.6 Å². The van der Waals surface area contributed by atoms with Gasteiger partial charge in [0.05, 0.1) is 5.52 Å². The molecule has 6 rings (SSSR count). The lowest BCUT2D eigenvalue weighted by molar-refractivity contribution is -0.111. The Morgan fingerprint density at radius 2 is 1.74 bits per heavy atom. The van der Waals surface area contributed by atoms with Crippen LogP contribution in [0.2, 0.25) is 0 Å². The van der Waals surface area contributed by atoms with Crippen molar-refractivity contribution in [3.63, 3.8) is 0 Å². The maximum atomic E-state index is 13.0. The zero-order valence-corrected chi connectivity index (χ0v) is 26.6. The van der Waals surface area contributed by atoms with Crippen LogP contribution in [0.1, 0.15) is 15.4 Å². The number of thiazole rings is 1. The highest BCUT2D eigenvalue weighted by atomic mass is 32.1. The van der Waals surface area contributed by atoms with E-state index in [0.717, 1.165) is 21.7 Å². The van der Waals surface area contributed by atoms with Crippen LogP contribution in [0.15, 0.2) is 115 Å². The molecular weight excluding hydrogens is 613 g/mol. The Hall–Kier alpha value is -5.85. The van der Waals surface area contributed by atoms with Gasteiger partial charge in [-0.2, -0.15) is 4.98 Å². The lowest BCUT2D eigenvalue weighted by Gasteiger charge is -2.11. The van der Waals surface area contributed by atoms with Gasteiger partial charge in [-0.1, -0.05) is 18.2 Å². The van der Waals surface area contributed by atoms with Crippen LogP contribution in [-0.2, 0) is 11.4 Å². The SMILES string of the molecule is CN(C)C/C=C/C(=O)Nc1ccc(C(=O)Nc2cccc(Nc3nccc(-n4ccc5c(OCc6nccs6)cccc54)n3)c2)cc1. The molecule has 0 unspecified atom stereocenters. The number of benzene rings is 3. The Morgan fingerprint density at radius 1 is 0.915 bits per heavy atom. The van der Waals surface area contributed by atoms with Crippen molar-refractivity contribution in [2.45, 2.75) is 6.61 Å². The highest BCUT2D eigenvalue weighted by Crippen LogP contribution is 2.29. The minimum Gasteiger partial charge on any atom is -0.486 e. The number of hydrogen-bond donors (Lipinski definition) is 3. The van der Waals surface area contributed by atoms with Crippen molar-refractivity contribution in [3.8, 4) is 11.6 Å². The van der Waals surface area contributed by atoms with Gasteiger partial charge in [-0.05, 0) is 80.8 Å². The summed E-state index contributed by atoms with van der Waals surface area (Å²) in [5, 5.41) is 12.8. The Bertz CT molecular complexity index is 2020. The van der Waals surface area contributed by atoms with E-state index in [1.54, 1.807) is 66.2 Å². The predicted octanol–water partition coefficient (Wildman–Crippen LogP) is 6.51. The molecule has 3 heterocycles. The second-order valence-electron chi connectivity index (χ2n) is 10.7. The number of rotatable bonds is 12. The summed E-state index contributed by atoms with van der Waals surface area (Å²) in [5.41, 5.74) is 3.30. The average Bonchev–Trinajstić information content (AvgIpc) is 3.75. The molecule has 0 radical (unpaired) electrons. The third-order valence-electron chi connectivity index (χ3n) is 6.95. The van der Waals surface area contributed by atoms with E-state index < -0.39 is 0 Å². The van der Waals surface area contributed by atoms with Crippen LogP contribution < -0.4 is 20.7 Å². The second kappa shape index (κ2) is 14.5. The molecule has 0 aliphatic rings. The average molecular weight is 645 g/mol. The van der Waals surface area contributed by atoms with Crippen LogP contribution in [0.4, 0.5) is 23.0 Å². The van der Waals surface area contributed by atoms with Crippen LogP contribution in [0.25, 0.3) is 16.7 Å². The van der Waals surface area contributed by atoms with Crippen molar-refractivity contribution < 1.29 is 14.3 Å². The molecule has 0 fully saturated rings. The molecule has 47 heavy (non-hydrogen) atoms. The van der Waals surface area contributed by atoms with Crippen LogP contribution in [0, 0.1) is 0 Å². The van der Waals surface area contributed by atoms with Gasteiger partial charge in [0, 0.05) is 64.6 Å². The molecule has 0 aliphatic heterocycles. The van der Waals surface area contributed by atoms with Crippen LogP contribution in [-0.4, -0.2) is 56.9 Å². The van der Waals surface area contributed by atoms with E-state index in [0.29, 0.717) is 47.5 Å². The molecule has 3 aromatic carbocycles. The van der Waals surface area contributed by atoms with Crippen molar-refractivity contribution in [2.75, 3.05) is 36.6 Å². The van der Waals surface area contributed by atoms with Crippen LogP contribution in [0.5, 0.6) is 5.75 Å². The molecule has 236 valence electrons. The Kier molecular flexibility index (Phi) is 9.61. The molecule has 3 N–H and O–H groups in total. The number of amides is 2. The molecule has 0 saturated carbocycles. The summed E-state index contributed by atoms with van der Waals surface area (Å²) in [4.78, 5) is 40.4. The minimum atomic E-state index is -0.279. The zero-order valence-electron chi connectivity index (χ0n) is 25.8. The molecule has 6 aromatic rings. The first-order valence-corrected chi connectivity index (χ1v) is 15.6. The summed E-state index contributed by atoms with van der Waals surface area (Å²) in [6, 6.07) is 23.8. The van der Waals surface area contributed by atoms with E-state index in [9.17, 15) is 9.59 Å². The van der Waals surface area contributed by atoms with Gasteiger partial charge in [0.25, 0.3) is 5.91 Å². The summed E-state index contributed by atoms with van der Waals surface area (Å²) in [7, 11) is 3.86. The minimum absolute atomic E-state index is 0.230. The lowest BCUT2D eigenvalue weighted by Crippen LogP contribution is -2.13. The summed E-state index contributed by atoms with van der Waals surface area (Å²) in [6.07, 6.45) is 8.68. The van der Waals surface area contributed by atoms with Gasteiger partial charge in [-0.3, -0.25) is 9.59 Å². The number of fused-ring (bicyclic) bond motifs is 1. The summed E-state index contributed by atoms with van der Waals surface area (Å²) in [6.45, 7) is 1.07. The van der Waals surface area contributed by atoms with Crippen molar-refractivity contribution in [1.29, 1.82) is 0 Å². The van der Waals surface area contributed by atoms with Gasteiger partial charge < -0.3 is 30.2 Å². The maximum Gasteiger partial charge on any atom is 0.255 e. The quantitative estimate of drug-likeness (QED) is 0.129. The number of likely N-dealkylation sites (N-methyl/N-ethyl adjacent to an activating group) is 1. The summed E-state index contributed by atoms with van der Waals surface area (Å²) >= 11 is 1.56. The number of anilines is 4. The van der Waals surface area contributed by atoms with Gasteiger partial charge in [-0.25, -0.2) is 9.97 Å². The summed E-state index contributed by atoms with van der Waals surface area (Å²) in [5.74, 6) is 1.35. The highest BCUT2D eigenvalue weighted by Gasteiger charge is 2.12. The Labute approximate surface area is 275 Å². The van der Waals surface area contributed by atoms with Gasteiger partial charge in [0.2, 0.25) is 11.9 Å². The van der Waals surface area contributed by atoms with Gasteiger partial charge in [-0.15, -0.1) is 11.3 Å². The molecule has 11 nitrogen and oxygen atoms in total. The summed E-state index contributed by atoms with van der Waals surface area (Å²) < 4.78 is 8.04. The van der Waals surface area contributed by atoms with Gasteiger partial charge >= 0.3 is 0 Å². The fourth-order valence-electron chi connectivity index (χ4n) is 4.74. The smallest absolute Gasteiger partial charge is 0.255 e. The van der Waals surface area contributed by atoms with E-state index in [-0.39, 0.29) is 11.8 Å². The molecule has 0 atom stereocenters. The monoisotopic (exact) mass is 644 g/mol. The number of aromatic nitrogens is 4. The molecule has 0 bridgehead atoms. The first-order chi connectivity index (χ1) is 22.9. The van der Waals surface area contributed by atoms with Crippen LogP contribution in [0.3, 0.4) is 0 Å². The first-order valence-electron chi connectivity index (χ1n) is 14.8. The molecule has 12 heteroatoms. The molecule has 0 aliphatic carbocycles. The Morgan fingerprint density at radius 3 is 2.55 bits per heavy atom. The molecule has 3 aromatic heterocycles. The second-order valence-corrected chi connectivity index (χ2v) is 11.7. The standard InChI is InChI=1S/C35H32N8O3S/c1-42(2)19-5-10-32(44)38-25-13-11-24(12-14-25)34(45)39-26-6-3-7-27(22-26)40-35-37-17-15-31(41-35)43-20-16-28-29(43)8-4-9-30(28)46-23-33-36-18-21-47-33/h3-18,20-22H,19,23H2,1-2H3,(H,38,44)(H,39,45)(H,37,40,41)/b10-5+. The first kappa shape index (κ1) is 31.1. The van der Waals surface area contributed by atoms with Crippen molar-refractivity contribution in [2.24, 2.45) is 0 Å². The molecule has 0 saturated heterocycles. The number of hydrogen-bond acceptors (Lipinski definition) is 9. The number of carbonyl (C=O) groups excluding carboxylic acids is 2. The predicted molar refractivity (Wildman–Crippen MR) is 186 cm³/mol. The Balaban J connectivity index is 1.10. The van der Waals surface area contributed by atoms with Crippen molar-refractivity contribution >= 4 is 57.1 Å². The normalized spacial score (nSPS) is 11.2. The van der Waals surface area contributed by atoms with E-state index in [4.69, 9.17) is 9.72 Å². The molecule has 2 amide bonds. The third-order valence-corrected chi connectivity index (χ3v) is 7.70. The fourth-order valence-corrected chi connectivity index (χ4v) is 5.27. The largest absolute Gasteiger partial charge is 0.486 e. The highest BCUT2D eigenvalue weighted by molar-refractivity contribution is 7.09. The topological polar surface area (TPSA) is 126 Å². The third kappa shape index (κ3) is 8.06. The van der Waals surface area contributed by atoms with Crippen LogP contribution >= 0.6 is 11.3 Å². The zero-order chi connectivity index (χ0) is 32.6. The van der Waals surface area contributed by atoms with E-state index in [1.165, 1.54) is 6.08 Å². The van der Waals surface area contributed by atoms with Gasteiger partial charge in [0.15, 0.2) is 0 Å². The van der Waals surface area contributed by atoms with E-state index in [2.05, 4.69) is 25.9 Å². The maximum absolute atomic E-state index is 13.0. The van der Waals surface area contributed by atoms with Crippen molar-refractivity contribution in [1.82, 2.24) is 24.4 Å². The molecule has 0 spiro atoms. The van der Waals surface area contributed by atoms with Crippen molar-refractivity contribution in [3.05, 3.63) is 126 Å². The fraction of sp³-hybridized carbons (Fsp3) is 0.114. The number of nitrogens with one attached hydrogen (secondary N) is 3. The number of nitrogens with zero attached hydrogens (tertiary/aromatic N) is 5. The van der Waals surface area contributed by atoms with E-state index >= 15 is 0 Å². The van der Waals surface area contributed by atoms with Gasteiger partial charge in [0.1, 0.15) is 23.2 Å². The molecular formula is C35H32N8O3S. The number of ether oxygens (including phenoxy) is 1. The lowest BCUT2D eigenvalue weighted by atomic mass is 10.2. The number of carbonyl (C=O) groups is 2.